The Morgan fingerprint density at radius 2 is 1.54 bits per heavy atom. The zero-order valence-corrected chi connectivity index (χ0v) is 20.8. The standard InChI is InChI=1S/C29H27F3NO4/c1-34-25-9-6-19-14-24-22-16-27(36-3)26(35-2)15-20(22)10-12-33(24)17-23(19)28(25)37-13-11-18-4-7-21(8-5-18)29(30,31)32/h4-9,14-17H,10-13H2,1-3H3/q+1. The van der Waals surface area contributed by atoms with Crippen molar-refractivity contribution in [1.29, 1.82) is 0 Å². The Kier molecular flexibility index (Phi) is 6.58. The second-order valence-corrected chi connectivity index (χ2v) is 8.86. The maximum atomic E-state index is 12.8. The molecular weight excluding hydrogens is 483 g/mol. The molecule has 5 nitrogen and oxygen atoms in total. The molecule has 0 atom stereocenters. The van der Waals surface area contributed by atoms with Crippen molar-refractivity contribution in [2.24, 2.45) is 0 Å². The Hall–Kier alpha value is -3.94. The average molecular weight is 511 g/mol. The third kappa shape index (κ3) is 4.75. The zero-order valence-electron chi connectivity index (χ0n) is 20.8. The molecule has 0 saturated heterocycles. The van der Waals surface area contributed by atoms with Gasteiger partial charge < -0.3 is 18.9 Å². The average Bonchev–Trinajstić information content (AvgIpc) is 2.91. The first-order valence-corrected chi connectivity index (χ1v) is 11.9. The van der Waals surface area contributed by atoms with Crippen LogP contribution in [0.25, 0.3) is 22.0 Å². The maximum Gasteiger partial charge on any atom is 0.416 e. The molecule has 0 bridgehead atoms. The van der Waals surface area contributed by atoms with E-state index < -0.39 is 11.7 Å². The molecule has 37 heavy (non-hydrogen) atoms. The van der Waals surface area contributed by atoms with Gasteiger partial charge in [-0.05, 0) is 52.9 Å². The smallest absolute Gasteiger partial charge is 0.416 e. The minimum Gasteiger partial charge on any atom is -0.493 e. The van der Waals surface area contributed by atoms with E-state index in [1.165, 1.54) is 17.7 Å². The third-order valence-electron chi connectivity index (χ3n) is 6.73. The lowest BCUT2D eigenvalue weighted by atomic mass is 9.95. The number of halogens is 3. The summed E-state index contributed by atoms with van der Waals surface area (Å²) in [7, 11) is 4.85. The Balaban J connectivity index is 1.46. The summed E-state index contributed by atoms with van der Waals surface area (Å²) in [4.78, 5) is 0. The van der Waals surface area contributed by atoms with Gasteiger partial charge >= 0.3 is 6.18 Å². The number of hydrogen-bond donors (Lipinski definition) is 0. The summed E-state index contributed by atoms with van der Waals surface area (Å²) in [6.45, 7) is 1.08. The molecule has 5 rings (SSSR count). The normalized spacial score (nSPS) is 12.6. The second kappa shape index (κ2) is 9.84. The summed E-state index contributed by atoms with van der Waals surface area (Å²) in [5.41, 5.74) is 3.45. The number of aryl methyl sites for hydroxylation is 2. The summed E-state index contributed by atoms with van der Waals surface area (Å²) >= 11 is 0. The highest BCUT2D eigenvalue weighted by Gasteiger charge is 2.30. The lowest BCUT2D eigenvalue weighted by Crippen LogP contribution is -2.40. The van der Waals surface area contributed by atoms with Crippen molar-refractivity contribution in [2.45, 2.75) is 25.6 Å². The molecule has 0 aliphatic carbocycles. The first-order chi connectivity index (χ1) is 17.8. The number of ether oxygens (including phenoxy) is 4. The number of fused-ring (bicyclic) bond motifs is 4. The Bertz CT molecular complexity index is 1450. The van der Waals surface area contributed by atoms with Crippen molar-refractivity contribution < 1.29 is 36.7 Å². The van der Waals surface area contributed by atoms with Gasteiger partial charge in [0.25, 0.3) is 0 Å². The van der Waals surface area contributed by atoms with Gasteiger partial charge in [-0.2, -0.15) is 17.7 Å². The van der Waals surface area contributed by atoms with Crippen molar-refractivity contribution >= 4 is 10.8 Å². The second-order valence-electron chi connectivity index (χ2n) is 8.86. The van der Waals surface area contributed by atoms with Crippen molar-refractivity contribution in [3.63, 3.8) is 0 Å². The molecule has 1 aliphatic rings. The van der Waals surface area contributed by atoms with Crippen LogP contribution in [-0.4, -0.2) is 27.9 Å². The molecule has 0 saturated carbocycles. The Morgan fingerprint density at radius 3 is 2.22 bits per heavy atom. The van der Waals surface area contributed by atoms with E-state index in [4.69, 9.17) is 18.9 Å². The zero-order chi connectivity index (χ0) is 26.2. The first-order valence-electron chi connectivity index (χ1n) is 11.9. The number of methoxy groups -OCH3 is 3. The van der Waals surface area contributed by atoms with Gasteiger partial charge in [-0.25, -0.2) is 0 Å². The van der Waals surface area contributed by atoms with E-state index in [-0.39, 0.29) is 0 Å². The van der Waals surface area contributed by atoms with Crippen LogP contribution in [0.4, 0.5) is 13.2 Å². The van der Waals surface area contributed by atoms with Gasteiger partial charge in [0, 0.05) is 18.9 Å². The van der Waals surface area contributed by atoms with Crippen LogP contribution in [0.5, 0.6) is 23.0 Å². The van der Waals surface area contributed by atoms with Crippen LogP contribution in [0.1, 0.15) is 16.7 Å². The monoisotopic (exact) mass is 510 g/mol. The van der Waals surface area contributed by atoms with Crippen molar-refractivity contribution in [2.75, 3.05) is 27.9 Å². The fourth-order valence-electron chi connectivity index (χ4n) is 4.78. The maximum absolute atomic E-state index is 12.8. The highest BCUT2D eigenvalue weighted by atomic mass is 19.4. The summed E-state index contributed by atoms with van der Waals surface area (Å²) in [5, 5.41) is 1.89. The van der Waals surface area contributed by atoms with Gasteiger partial charge in [0.1, 0.15) is 0 Å². The van der Waals surface area contributed by atoms with Crippen LogP contribution in [0, 0.1) is 0 Å². The molecular formula is C29H27F3NO4+. The first kappa shape index (κ1) is 24.7. The Labute approximate surface area is 213 Å². The number of rotatable bonds is 7. The minimum absolute atomic E-state index is 0.294. The highest BCUT2D eigenvalue weighted by molar-refractivity contribution is 5.91. The molecule has 4 aromatic rings. The number of hydrogen-bond acceptors (Lipinski definition) is 4. The van der Waals surface area contributed by atoms with Gasteiger partial charge in [0.15, 0.2) is 35.7 Å². The summed E-state index contributed by atoms with van der Waals surface area (Å²) in [5.74, 6) is 2.60. The molecule has 192 valence electrons. The molecule has 0 amide bonds. The quantitative estimate of drug-likeness (QED) is 0.285. The van der Waals surface area contributed by atoms with E-state index in [0.29, 0.717) is 36.0 Å². The SMILES string of the molecule is COc1cc2c(cc1OC)-c1cc3ccc(OC)c(OCCc4ccc(C(F)(F)F)cc4)c3c[n+]1CC2. The van der Waals surface area contributed by atoms with Gasteiger partial charge in [0.2, 0.25) is 5.69 Å². The molecule has 1 aliphatic heterocycles. The minimum atomic E-state index is -4.35. The number of benzene rings is 3. The van der Waals surface area contributed by atoms with E-state index in [1.54, 1.807) is 21.3 Å². The largest absolute Gasteiger partial charge is 0.493 e. The summed E-state index contributed by atoms with van der Waals surface area (Å²) < 4.78 is 63.5. The number of aromatic nitrogens is 1. The van der Waals surface area contributed by atoms with Gasteiger partial charge in [-0.15, -0.1) is 0 Å². The molecule has 1 aromatic heterocycles. The molecule has 0 unspecified atom stereocenters. The Morgan fingerprint density at radius 1 is 0.838 bits per heavy atom. The number of nitrogens with zero attached hydrogens (tertiary/aromatic N) is 1. The van der Waals surface area contributed by atoms with E-state index in [1.807, 2.05) is 24.3 Å². The van der Waals surface area contributed by atoms with E-state index in [9.17, 15) is 13.2 Å². The molecule has 2 heterocycles. The van der Waals surface area contributed by atoms with Crippen molar-refractivity contribution in [1.82, 2.24) is 0 Å². The van der Waals surface area contributed by atoms with Gasteiger partial charge in [-0.1, -0.05) is 12.1 Å². The molecule has 0 spiro atoms. The lowest BCUT2D eigenvalue weighted by Gasteiger charge is -2.19. The van der Waals surface area contributed by atoms with Crippen LogP contribution in [0.3, 0.4) is 0 Å². The number of alkyl halides is 3. The van der Waals surface area contributed by atoms with Crippen LogP contribution in [-0.2, 0) is 25.6 Å². The summed E-state index contributed by atoms with van der Waals surface area (Å²) in [6.07, 6.45) is -0.974. The van der Waals surface area contributed by atoms with Crippen LogP contribution < -0.4 is 23.5 Å². The molecule has 0 fully saturated rings. The topological polar surface area (TPSA) is 40.8 Å². The number of pyridine rings is 1. The van der Waals surface area contributed by atoms with Gasteiger partial charge in [0.05, 0.1) is 44.4 Å². The molecule has 0 N–H and O–H groups in total. The van der Waals surface area contributed by atoms with Gasteiger partial charge in [-0.3, -0.25) is 0 Å². The predicted octanol–water partition coefficient (Wildman–Crippen LogP) is 6.02. The van der Waals surface area contributed by atoms with E-state index >= 15 is 0 Å². The van der Waals surface area contributed by atoms with Crippen LogP contribution in [0.15, 0.2) is 60.8 Å². The van der Waals surface area contributed by atoms with Crippen LogP contribution >= 0.6 is 0 Å². The molecule has 3 aromatic carbocycles. The third-order valence-corrected chi connectivity index (χ3v) is 6.73. The van der Waals surface area contributed by atoms with E-state index in [0.717, 1.165) is 52.7 Å². The molecule has 8 heteroatoms. The fraction of sp³-hybridized carbons (Fsp3) is 0.276. The highest BCUT2D eigenvalue weighted by Crippen LogP contribution is 2.40. The van der Waals surface area contributed by atoms with Crippen molar-refractivity contribution in [3.8, 4) is 34.3 Å². The predicted molar refractivity (Wildman–Crippen MR) is 134 cm³/mol. The van der Waals surface area contributed by atoms with E-state index in [2.05, 4.69) is 16.8 Å². The van der Waals surface area contributed by atoms with Crippen LogP contribution in [0.2, 0.25) is 0 Å². The molecule has 0 radical (unpaired) electrons. The lowest BCUT2D eigenvalue weighted by molar-refractivity contribution is -0.686. The summed E-state index contributed by atoms with van der Waals surface area (Å²) in [6, 6.07) is 15.2. The fourth-order valence-corrected chi connectivity index (χ4v) is 4.78. The van der Waals surface area contributed by atoms with Crippen molar-refractivity contribution in [3.05, 3.63) is 77.5 Å².